The minimum atomic E-state index is -0.339. The summed E-state index contributed by atoms with van der Waals surface area (Å²) in [7, 11) is 0. The van der Waals surface area contributed by atoms with Crippen molar-refractivity contribution >= 4 is 34.5 Å². The van der Waals surface area contributed by atoms with Crippen molar-refractivity contribution in [2.45, 2.75) is 26.3 Å². The van der Waals surface area contributed by atoms with Crippen LogP contribution in [0.25, 0.3) is 16.8 Å². The zero-order valence-corrected chi connectivity index (χ0v) is 16.7. The first-order chi connectivity index (χ1) is 13.5. The molecular formula is C19H21N7OS. The van der Waals surface area contributed by atoms with Crippen LogP contribution in [-0.4, -0.2) is 47.5 Å². The Kier molecular flexibility index (Phi) is 4.99. The molecule has 0 spiro atoms. The maximum absolute atomic E-state index is 12.8. The van der Waals surface area contributed by atoms with Crippen LogP contribution in [0.4, 0.5) is 0 Å². The van der Waals surface area contributed by atoms with Crippen molar-refractivity contribution in [1.29, 1.82) is 0 Å². The Morgan fingerprint density at radius 2 is 2.07 bits per heavy atom. The average Bonchev–Trinajstić information content (AvgIpc) is 3.29. The standard InChI is InChI=1S/C19H21N7OS/c1-11-10-12(2)26-19(20-11)24-17(25-26)18(27)23-15(8-9-28-3)16-21-13-6-4-5-7-14(13)22-16/h4-7,10,15H,8-9H2,1-3H3,(H,21,22)(H,23,27)/t15-/m1/s1. The number of aryl methyl sites for hydroxylation is 2. The summed E-state index contributed by atoms with van der Waals surface area (Å²) >= 11 is 1.72. The molecule has 3 aromatic heterocycles. The number of hydrogen-bond donors (Lipinski definition) is 2. The summed E-state index contributed by atoms with van der Waals surface area (Å²) in [4.78, 5) is 29.4. The largest absolute Gasteiger partial charge is 0.340 e. The predicted octanol–water partition coefficient (Wildman–Crippen LogP) is 2.84. The molecule has 0 saturated carbocycles. The molecule has 0 bridgehead atoms. The molecule has 2 N–H and O–H groups in total. The quantitative estimate of drug-likeness (QED) is 0.521. The highest BCUT2D eigenvalue weighted by Crippen LogP contribution is 2.20. The SMILES string of the molecule is CSCC[C@@H](NC(=O)c1nc2nc(C)cc(C)n2n1)c1nc2ccccc2[nH]1. The molecular weight excluding hydrogens is 374 g/mol. The second-order valence-electron chi connectivity index (χ2n) is 6.63. The molecule has 144 valence electrons. The molecule has 9 heteroatoms. The number of rotatable bonds is 6. The topological polar surface area (TPSA) is 101 Å². The van der Waals surface area contributed by atoms with E-state index in [1.165, 1.54) is 0 Å². The number of amides is 1. The summed E-state index contributed by atoms with van der Waals surface area (Å²) in [6, 6.07) is 9.47. The van der Waals surface area contributed by atoms with Crippen molar-refractivity contribution in [3.05, 3.63) is 53.4 Å². The number of nitrogens with one attached hydrogen (secondary N) is 2. The lowest BCUT2D eigenvalue weighted by molar-refractivity contribution is 0.0924. The van der Waals surface area contributed by atoms with Gasteiger partial charge in [-0.15, -0.1) is 5.10 Å². The number of thioether (sulfide) groups is 1. The minimum Gasteiger partial charge on any atom is -0.340 e. The smallest absolute Gasteiger partial charge is 0.291 e. The van der Waals surface area contributed by atoms with E-state index in [9.17, 15) is 4.79 Å². The fourth-order valence-corrected chi connectivity index (χ4v) is 3.61. The molecule has 0 unspecified atom stereocenters. The van der Waals surface area contributed by atoms with Gasteiger partial charge in [0.1, 0.15) is 5.82 Å². The van der Waals surface area contributed by atoms with Gasteiger partial charge < -0.3 is 10.3 Å². The van der Waals surface area contributed by atoms with Crippen molar-refractivity contribution in [3.8, 4) is 0 Å². The number of aromatic amines is 1. The van der Waals surface area contributed by atoms with Gasteiger partial charge in [-0.3, -0.25) is 4.79 Å². The number of para-hydroxylation sites is 2. The van der Waals surface area contributed by atoms with Crippen LogP contribution in [0.3, 0.4) is 0 Å². The van der Waals surface area contributed by atoms with Crippen molar-refractivity contribution in [3.63, 3.8) is 0 Å². The first kappa shape index (κ1) is 18.4. The molecule has 1 atom stereocenters. The van der Waals surface area contributed by atoms with Gasteiger partial charge >= 0.3 is 0 Å². The third-order valence-corrected chi connectivity index (χ3v) is 5.12. The minimum absolute atomic E-state index is 0.103. The summed E-state index contributed by atoms with van der Waals surface area (Å²) < 4.78 is 1.58. The van der Waals surface area contributed by atoms with Crippen LogP contribution in [0.5, 0.6) is 0 Å². The summed E-state index contributed by atoms with van der Waals surface area (Å²) in [6.45, 7) is 3.80. The number of imidazole rings is 1. The number of benzene rings is 1. The van der Waals surface area contributed by atoms with E-state index in [1.54, 1.807) is 16.3 Å². The normalized spacial score (nSPS) is 12.5. The van der Waals surface area contributed by atoms with Crippen LogP contribution in [0.2, 0.25) is 0 Å². The van der Waals surface area contributed by atoms with Gasteiger partial charge in [0.05, 0.1) is 17.1 Å². The van der Waals surface area contributed by atoms with Gasteiger partial charge in [0.2, 0.25) is 5.82 Å². The molecule has 0 aliphatic rings. The molecule has 0 saturated heterocycles. The number of aromatic nitrogens is 6. The Bertz CT molecular complexity index is 1120. The highest BCUT2D eigenvalue weighted by molar-refractivity contribution is 7.98. The van der Waals surface area contributed by atoms with Gasteiger partial charge in [-0.05, 0) is 50.5 Å². The molecule has 4 rings (SSSR count). The Hall–Kier alpha value is -2.94. The molecule has 4 aromatic rings. The van der Waals surface area contributed by atoms with E-state index in [1.807, 2.05) is 50.4 Å². The van der Waals surface area contributed by atoms with E-state index in [-0.39, 0.29) is 17.8 Å². The summed E-state index contributed by atoms with van der Waals surface area (Å²) in [6.07, 6.45) is 2.79. The van der Waals surface area contributed by atoms with Crippen LogP contribution < -0.4 is 5.32 Å². The summed E-state index contributed by atoms with van der Waals surface area (Å²) in [5.74, 6) is 1.81. The third-order valence-electron chi connectivity index (χ3n) is 4.48. The Labute approximate surface area is 166 Å². The number of carbonyl (C=O) groups is 1. The Morgan fingerprint density at radius 3 is 2.86 bits per heavy atom. The van der Waals surface area contributed by atoms with E-state index >= 15 is 0 Å². The number of fused-ring (bicyclic) bond motifs is 2. The molecule has 0 aliphatic carbocycles. The van der Waals surface area contributed by atoms with E-state index in [2.05, 4.69) is 30.4 Å². The lowest BCUT2D eigenvalue weighted by atomic mass is 10.2. The maximum Gasteiger partial charge on any atom is 0.291 e. The molecule has 1 aromatic carbocycles. The molecule has 28 heavy (non-hydrogen) atoms. The zero-order chi connectivity index (χ0) is 19.7. The van der Waals surface area contributed by atoms with Crippen LogP contribution >= 0.6 is 11.8 Å². The van der Waals surface area contributed by atoms with Gasteiger partial charge in [0.15, 0.2) is 0 Å². The van der Waals surface area contributed by atoms with E-state index in [0.29, 0.717) is 5.78 Å². The second kappa shape index (κ2) is 7.59. The lowest BCUT2D eigenvalue weighted by Gasteiger charge is -2.15. The molecule has 3 heterocycles. The Morgan fingerprint density at radius 1 is 1.25 bits per heavy atom. The van der Waals surface area contributed by atoms with Crippen LogP contribution in [0.1, 0.15) is 40.3 Å². The maximum atomic E-state index is 12.8. The fraction of sp³-hybridized carbons (Fsp3) is 0.316. The fourth-order valence-electron chi connectivity index (χ4n) is 3.14. The molecule has 0 radical (unpaired) electrons. The van der Waals surface area contributed by atoms with Gasteiger partial charge in [-0.25, -0.2) is 14.5 Å². The van der Waals surface area contributed by atoms with Gasteiger partial charge in [-0.2, -0.15) is 16.7 Å². The number of H-pyrrole nitrogens is 1. The van der Waals surface area contributed by atoms with Crippen molar-refractivity contribution in [2.75, 3.05) is 12.0 Å². The molecule has 0 fully saturated rings. The third kappa shape index (κ3) is 3.57. The first-order valence-corrected chi connectivity index (χ1v) is 10.4. The molecule has 1 amide bonds. The monoisotopic (exact) mass is 395 g/mol. The van der Waals surface area contributed by atoms with E-state index in [4.69, 9.17) is 0 Å². The van der Waals surface area contributed by atoms with Crippen molar-refractivity contribution < 1.29 is 4.79 Å². The Balaban J connectivity index is 1.62. The molecule has 8 nitrogen and oxygen atoms in total. The van der Waals surface area contributed by atoms with E-state index < -0.39 is 0 Å². The lowest BCUT2D eigenvalue weighted by Crippen LogP contribution is -2.30. The second-order valence-corrected chi connectivity index (χ2v) is 7.62. The molecule has 0 aliphatic heterocycles. The highest BCUT2D eigenvalue weighted by Gasteiger charge is 2.22. The van der Waals surface area contributed by atoms with Gasteiger partial charge in [0.25, 0.3) is 11.7 Å². The zero-order valence-electron chi connectivity index (χ0n) is 15.9. The van der Waals surface area contributed by atoms with Gasteiger partial charge in [0, 0.05) is 11.4 Å². The van der Waals surface area contributed by atoms with Crippen molar-refractivity contribution in [2.24, 2.45) is 0 Å². The van der Waals surface area contributed by atoms with Gasteiger partial charge in [-0.1, -0.05) is 12.1 Å². The first-order valence-electron chi connectivity index (χ1n) is 9.00. The summed E-state index contributed by atoms with van der Waals surface area (Å²) in [5.41, 5.74) is 3.54. The van der Waals surface area contributed by atoms with Crippen LogP contribution in [-0.2, 0) is 0 Å². The highest BCUT2D eigenvalue weighted by atomic mass is 32.2. The number of hydrogen-bond acceptors (Lipinski definition) is 6. The average molecular weight is 395 g/mol. The summed E-state index contributed by atoms with van der Waals surface area (Å²) in [5, 5.41) is 7.35. The van der Waals surface area contributed by atoms with Crippen LogP contribution in [0.15, 0.2) is 30.3 Å². The predicted molar refractivity (Wildman–Crippen MR) is 110 cm³/mol. The number of nitrogens with zero attached hydrogens (tertiary/aromatic N) is 5. The number of carbonyl (C=O) groups excluding carboxylic acids is 1. The van der Waals surface area contributed by atoms with E-state index in [0.717, 1.165) is 40.4 Å². The van der Waals surface area contributed by atoms with Crippen molar-refractivity contribution in [1.82, 2.24) is 34.9 Å². The van der Waals surface area contributed by atoms with Crippen LogP contribution in [0, 0.1) is 13.8 Å².